The Kier molecular flexibility index (Phi) is 5.11. The van der Waals surface area contributed by atoms with Crippen LogP contribution in [0.1, 0.15) is 24.0 Å². The Labute approximate surface area is 177 Å². The van der Waals surface area contributed by atoms with Crippen LogP contribution in [0, 0.1) is 0 Å². The summed E-state index contributed by atoms with van der Waals surface area (Å²) < 4.78 is 5.23. The molecule has 6 rings (SSSR count). The van der Waals surface area contributed by atoms with Crippen molar-refractivity contribution >= 4 is 32.3 Å². The van der Waals surface area contributed by atoms with E-state index in [2.05, 4.69) is 66.7 Å². The second-order valence-corrected chi connectivity index (χ2v) is 7.97. The van der Waals surface area contributed by atoms with Crippen LogP contribution in [0.2, 0.25) is 0 Å². The first kappa shape index (κ1) is 18.7. The smallest absolute Gasteiger partial charge is 0.126 e. The highest BCUT2D eigenvalue weighted by molar-refractivity contribution is 6.08. The van der Waals surface area contributed by atoms with Crippen LogP contribution in [-0.2, 0) is 12.8 Å². The van der Waals surface area contributed by atoms with Crippen LogP contribution in [-0.4, -0.2) is 7.11 Å². The van der Waals surface area contributed by atoms with Gasteiger partial charge in [-0.1, -0.05) is 84.9 Å². The zero-order valence-electron chi connectivity index (χ0n) is 17.4. The predicted molar refractivity (Wildman–Crippen MR) is 129 cm³/mol. The molecule has 0 amide bonds. The van der Waals surface area contributed by atoms with Gasteiger partial charge in [-0.05, 0) is 69.8 Å². The molecule has 5 aromatic rings. The van der Waals surface area contributed by atoms with Crippen LogP contribution in [0.15, 0.2) is 91.0 Å². The van der Waals surface area contributed by atoms with E-state index in [0.29, 0.717) is 0 Å². The van der Waals surface area contributed by atoms with Gasteiger partial charge in [-0.25, -0.2) is 0 Å². The minimum Gasteiger partial charge on any atom is -0.496 e. The zero-order valence-corrected chi connectivity index (χ0v) is 17.4. The topological polar surface area (TPSA) is 9.23 Å². The van der Waals surface area contributed by atoms with Crippen molar-refractivity contribution in [3.05, 3.63) is 102 Å². The fraction of sp³-hybridized carbons (Fsp3) is 0.172. The monoisotopic (exact) mass is 390 g/mol. The standard InChI is InChI=1S/C18H16.C11H10O/c1-3-7-15-13(5-1)9-11-18-16-8-4-2-6-14(16)10-12-17(15)18;1-12-11-8-4-6-9-5-2-3-7-10(9)11/h1,3,5,7,9-12H,2,4,6,8H2;2-8H,1H3. The third-order valence-electron chi connectivity index (χ3n) is 6.23. The molecular weight excluding hydrogens is 364 g/mol. The molecular formula is C29H26O. The molecule has 0 saturated heterocycles. The second kappa shape index (κ2) is 8.20. The summed E-state index contributed by atoms with van der Waals surface area (Å²) in [5.74, 6) is 0.938. The summed E-state index contributed by atoms with van der Waals surface area (Å²) in [5.41, 5.74) is 3.17. The Morgan fingerprint density at radius 1 is 0.533 bits per heavy atom. The Hall–Kier alpha value is -3.32. The third kappa shape index (κ3) is 3.41. The van der Waals surface area contributed by atoms with Crippen molar-refractivity contribution in [1.82, 2.24) is 0 Å². The molecule has 0 radical (unpaired) electrons. The number of methoxy groups -OCH3 is 1. The average molecular weight is 391 g/mol. The van der Waals surface area contributed by atoms with Crippen LogP contribution in [0.5, 0.6) is 5.75 Å². The van der Waals surface area contributed by atoms with E-state index in [9.17, 15) is 0 Å². The number of hydrogen-bond donors (Lipinski definition) is 0. The van der Waals surface area contributed by atoms with Gasteiger partial charge in [-0.15, -0.1) is 0 Å². The third-order valence-corrected chi connectivity index (χ3v) is 6.23. The van der Waals surface area contributed by atoms with Crippen LogP contribution >= 0.6 is 0 Å². The Morgan fingerprint density at radius 3 is 2.03 bits per heavy atom. The molecule has 0 aliphatic heterocycles. The molecule has 148 valence electrons. The van der Waals surface area contributed by atoms with Crippen LogP contribution < -0.4 is 4.74 Å². The fourth-order valence-electron chi connectivity index (χ4n) is 4.72. The van der Waals surface area contributed by atoms with Crippen molar-refractivity contribution in [3.63, 3.8) is 0 Å². The number of hydrogen-bond acceptors (Lipinski definition) is 1. The van der Waals surface area contributed by atoms with Crippen molar-refractivity contribution < 1.29 is 4.74 Å². The van der Waals surface area contributed by atoms with Gasteiger partial charge in [0.25, 0.3) is 0 Å². The van der Waals surface area contributed by atoms with E-state index >= 15 is 0 Å². The van der Waals surface area contributed by atoms with Crippen LogP contribution in [0.3, 0.4) is 0 Å². The summed E-state index contributed by atoms with van der Waals surface area (Å²) in [5, 5.41) is 8.03. The zero-order chi connectivity index (χ0) is 20.3. The fourth-order valence-corrected chi connectivity index (χ4v) is 4.72. The van der Waals surface area contributed by atoms with E-state index in [1.165, 1.54) is 58.0 Å². The lowest BCUT2D eigenvalue weighted by Crippen LogP contribution is -2.02. The second-order valence-electron chi connectivity index (χ2n) is 7.97. The lowest BCUT2D eigenvalue weighted by Gasteiger charge is -2.18. The predicted octanol–water partition coefficient (Wildman–Crippen LogP) is 7.72. The molecule has 0 spiro atoms. The minimum atomic E-state index is 0.938. The van der Waals surface area contributed by atoms with Crippen molar-refractivity contribution in [2.75, 3.05) is 7.11 Å². The molecule has 1 heteroatoms. The van der Waals surface area contributed by atoms with E-state index in [4.69, 9.17) is 4.74 Å². The molecule has 0 N–H and O–H groups in total. The molecule has 30 heavy (non-hydrogen) atoms. The molecule has 1 aliphatic carbocycles. The highest BCUT2D eigenvalue weighted by atomic mass is 16.5. The number of benzene rings is 5. The van der Waals surface area contributed by atoms with Crippen LogP contribution in [0.4, 0.5) is 0 Å². The van der Waals surface area contributed by atoms with Gasteiger partial charge in [-0.3, -0.25) is 0 Å². The summed E-state index contributed by atoms with van der Waals surface area (Å²) in [6, 6.07) is 32.2. The normalized spacial score (nSPS) is 13.0. The SMILES string of the molecule is COc1cccc2ccccc12.c1ccc2c(c1)ccc1c3c(ccc12)CCCC3. The first-order valence-electron chi connectivity index (χ1n) is 10.8. The summed E-state index contributed by atoms with van der Waals surface area (Å²) in [6.07, 6.45) is 5.22. The summed E-state index contributed by atoms with van der Waals surface area (Å²) in [6.45, 7) is 0. The maximum absolute atomic E-state index is 5.23. The van der Waals surface area contributed by atoms with Gasteiger partial charge in [0.05, 0.1) is 7.11 Å². The molecule has 0 aromatic heterocycles. The molecule has 1 aliphatic rings. The van der Waals surface area contributed by atoms with Gasteiger partial charge in [0, 0.05) is 5.39 Å². The highest BCUT2D eigenvalue weighted by Gasteiger charge is 2.13. The summed E-state index contributed by atoms with van der Waals surface area (Å²) >= 11 is 0. The maximum Gasteiger partial charge on any atom is 0.126 e. The van der Waals surface area contributed by atoms with Crippen molar-refractivity contribution in [2.45, 2.75) is 25.7 Å². The molecule has 0 bridgehead atoms. The Balaban J connectivity index is 0.000000140. The maximum atomic E-state index is 5.23. The van der Waals surface area contributed by atoms with Gasteiger partial charge in [0.1, 0.15) is 5.75 Å². The van der Waals surface area contributed by atoms with Crippen molar-refractivity contribution in [1.29, 1.82) is 0 Å². The summed E-state index contributed by atoms with van der Waals surface area (Å²) in [4.78, 5) is 0. The number of aryl methyl sites for hydroxylation is 2. The quantitative estimate of drug-likeness (QED) is 0.266. The van der Waals surface area contributed by atoms with Crippen molar-refractivity contribution in [3.8, 4) is 5.75 Å². The van der Waals surface area contributed by atoms with Crippen LogP contribution in [0.25, 0.3) is 32.3 Å². The Bertz CT molecular complexity index is 1330. The Morgan fingerprint density at radius 2 is 1.20 bits per heavy atom. The molecule has 0 atom stereocenters. The first-order valence-corrected chi connectivity index (χ1v) is 10.8. The van der Waals surface area contributed by atoms with Gasteiger partial charge in [0.2, 0.25) is 0 Å². The lowest BCUT2D eigenvalue weighted by atomic mass is 9.86. The number of fused-ring (bicyclic) bond motifs is 6. The molecule has 0 fully saturated rings. The van der Waals surface area contributed by atoms with E-state index in [1.807, 2.05) is 24.3 Å². The largest absolute Gasteiger partial charge is 0.496 e. The minimum absolute atomic E-state index is 0.938. The highest BCUT2D eigenvalue weighted by Crippen LogP contribution is 2.33. The molecule has 5 aromatic carbocycles. The van der Waals surface area contributed by atoms with E-state index in [1.54, 1.807) is 18.2 Å². The number of ether oxygens (including phenoxy) is 1. The van der Waals surface area contributed by atoms with E-state index in [0.717, 1.165) is 5.75 Å². The average Bonchev–Trinajstić information content (AvgIpc) is 2.83. The van der Waals surface area contributed by atoms with Gasteiger partial charge >= 0.3 is 0 Å². The lowest BCUT2D eigenvalue weighted by molar-refractivity contribution is 0.420. The van der Waals surface area contributed by atoms with E-state index < -0.39 is 0 Å². The van der Waals surface area contributed by atoms with Gasteiger partial charge < -0.3 is 4.74 Å². The first-order chi connectivity index (χ1) is 14.8. The van der Waals surface area contributed by atoms with Gasteiger partial charge in [-0.2, -0.15) is 0 Å². The molecule has 0 unspecified atom stereocenters. The van der Waals surface area contributed by atoms with E-state index in [-0.39, 0.29) is 0 Å². The molecule has 1 nitrogen and oxygen atoms in total. The molecule has 0 heterocycles. The number of rotatable bonds is 1. The van der Waals surface area contributed by atoms with Gasteiger partial charge in [0.15, 0.2) is 0 Å². The van der Waals surface area contributed by atoms with Crippen molar-refractivity contribution in [2.24, 2.45) is 0 Å². The summed E-state index contributed by atoms with van der Waals surface area (Å²) in [7, 11) is 1.70. The molecule has 0 saturated carbocycles.